The molecule has 13 nitrogen and oxygen atoms in total. The van der Waals surface area contributed by atoms with Gasteiger partial charge in [-0.05, 0) is 90.3 Å². The lowest BCUT2D eigenvalue weighted by atomic mass is 10.0. The first kappa shape index (κ1) is 30.5. The molecule has 0 aliphatic rings. The van der Waals surface area contributed by atoms with Crippen LogP contribution in [0.3, 0.4) is 0 Å². The molecule has 5 aromatic rings. The SMILES string of the molecule is C=Nc1ccc2cc(C)c(N=Nc3ccc(N=Nc4cc(COO)cc(COO)c4)c4ccc(S(=O)(=O)O)cc34)c(O)c2c1. The maximum Gasteiger partial charge on any atom is 0.294 e. The van der Waals surface area contributed by atoms with Crippen LogP contribution in [-0.4, -0.2) is 35.3 Å². The molecule has 224 valence electrons. The Bertz CT molecular complexity index is 2060. The predicted molar refractivity (Wildman–Crippen MR) is 163 cm³/mol. The highest BCUT2D eigenvalue weighted by Crippen LogP contribution is 2.42. The minimum atomic E-state index is -4.56. The molecule has 44 heavy (non-hydrogen) atoms. The van der Waals surface area contributed by atoms with Crippen LogP contribution >= 0.6 is 0 Å². The van der Waals surface area contributed by atoms with Gasteiger partial charge in [-0.15, -0.1) is 15.3 Å². The molecule has 0 bridgehead atoms. The van der Waals surface area contributed by atoms with Gasteiger partial charge in [0.15, 0.2) is 5.75 Å². The highest BCUT2D eigenvalue weighted by molar-refractivity contribution is 7.85. The number of fused-ring (bicyclic) bond motifs is 2. The monoisotopic (exact) mass is 615 g/mol. The van der Waals surface area contributed by atoms with E-state index < -0.39 is 10.1 Å². The number of aromatic hydroxyl groups is 1. The average molecular weight is 616 g/mol. The summed E-state index contributed by atoms with van der Waals surface area (Å²) < 4.78 is 33.6. The molecule has 0 unspecified atom stereocenters. The number of phenols is 1. The zero-order valence-electron chi connectivity index (χ0n) is 23.1. The molecule has 14 heteroatoms. The first-order valence-corrected chi connectivity index (χ1v) is 14.3. The van der Waals surface area contributed by atoms with E-state index in [2.05, 4.69) is 41.9 Å². The Balaban J connectivity index is 1.61. The minimum Gasteiger partial charge on any atom is -0.505 e. The highest BCUT2D eigenvalue weighted by atomic mass is 32.2. The molecule has 0 fully saturated rings. The highest BCUT2D eigenvalue weighted by Gasteiger charge is 2.15. The van der Waals surface area contributed by atoms with E-state index in [4.69, 9.17) is 10.5 Å². The lowest BCUT2D eigenvalue weighted by Gasteiger charge is -2.09. The first-order chi connectivity index (χ1) is 21.1. The van der Waals surface area contributed by atoms with Gasteiger partial charge in [0.2, 0.25) is 0 Å². The van der Waals surface area contributed by atoms with E-state index in [0.29, 0.717) is 44.5 Å². The van der Waals surface area contributed by atoms with Gasteiger partial charge in [0.05, 0.1) is 27.6 Å². The Labute approximate surface area is 250 Å². The van der Waals surface area contributed by atoms with E-state index >= 15 is 0 Å². The molecule has 0 atom stereocenters. The van der Waals surface area contributed by atoms with Crippen molar-refractivity contribution in [2.75, 3.05) is 0 Å². The van der Waals surface area contributed by atoms with Gasteiger partial charge in [0.25, 0.3) is 10.1 Å². The second-order valence-electron chi connectivity index (χ2n) is 9.70. The Morgan fingerprint density at radius 2 is 1.39 bits per heavy atom. The van der Waals surface area contributed by atoms with Gasteiger partial charge in [-0.25, -0.2) is 9.78 Å². The quantitative estimate of drug-likeness (QED) is 0.0395. The largest absolute Gasteiger partial charge is 0.505 e. The summed E-state index contributed by atoms with van der Waals surface area (Å²) in [5, 5.41) is 47.9. The van der Waals surface area contributed by atoms with E-state index in [0.717, 1.165) is 5.39 Å². The molecule has 5 aromatic carbocycles. The zero-order valence-corrected chi connectivity index (χ0v) is 23.9. The summed E-state index contributed by atoms with van der Waals surface area (Å²) in [6, 6.07) is 19.0. The number of hydrogen-bond donors (Lipinski definition) is 4. The van der Waals surface area contributed by atoms with Crippen molar-refractivity contribution in [2.45, 2.75) is 25.0 Å². The van der Waals surface area contributed by atoms with Crippen LogP contribution in [-0.2, 0) is 33.1 Å². The van der Waals surface area contributed by atoms with E-state index in [1.165, 1.54) is 18.2 Å². The summed E-state index contributed by atoms with van der Waals surface area (Å²) in [5.74, 6) is -0.109. The van der Waals surface area contributed by atoms with Gasteiger partial charge in [0, 0.05) is 16.2 Å². The third kappa shape index (κ3) is 6.50. The van der Waals surface area contributed by atoms with Crippen LogP contribution in [0, 0.1) is 6.92 Å². The molecule has 5 rings (SSSR count). The van der Waals surface area contributed by atoms with E-state index in [9.17, 15) is 18.1 Å². The van der Waals surface area contributed by atoms with E-state index in [1.54, 1.807) is 49.4 Å². The van der Waals surface area contributed by atoms with Crippen LogP contribution in [0.5, 0.6) is 5.75 Å². The van der Waals surface area contributed by atoms with Gasteiger partial charge >= 0.3 is 0 Å². The lowest BCUT2D eigenvalue weighted by molar-refractivity contribution is -0.254. The summed E-state index contributed by atoms with van der Waals surface area (Å²) >= 11 is 0. The topological polar surface area (TPSA) is 195 Å². The van der Waals surface area contributed by atoms with Crippen molar-refractivity contribution in [3.05, 3.63) is 89.5 Å². The Morgan fingerprint density at radius 3 is 2.02 bits per heavy atom. The van der Waals surface area contributed by atoms with Gasteiger partial charge in [-0.1, -0.05) is 18.2 Å². The summed E-state index contributed by atoms with van der Waals surface area (Å²) in [5.41, 5.74) is 3.42. The number of aryl methyl sites for hydroxylation is 1. The standard InChI is InChI=1S/C30H25N5O8S/c1-17-9-20-3-4-21(31-2)13-25(20)30(36)29(17)35-34-28-8-7-27(24-6-5-23(14-26(24)28)44(39,40)41)33-32-22-11-18(15-42-37)10-19(12-22)16-43-38/h3-14,36-38H,2,15-16H2,1H3,(H,39,40,41). The smallest absolute Gasteiger partial charge is 0.294 e. The fourth-order valence-corrected chi connectivity index (χ4v) is 5.19. The number of rotatable bonds is 10. The van der Waals surface area contributed by atoms with Gasteiger partial charge in [0.1, 0.15) is 18.9 Å². The Kier molecular flexibility index (Phi) is 8.82. The van der Waals surface area contributed by atoms with Crippen LogP contribution in [0.4, 0.5) is 28.4 Å². The molecule has 0 aromatic heterocycles. The van der Waals surface area contributed by atoms with Crippen molar-refractivity contribution < 1.29 is 38.4 Å². The van der Waals surface area contributed by atoms with Crippen LogP contribution in [0.1, 0.15) is 16.7 Å². The van der Waals surface area contributed by atoms with Crippen molar-refractivity contribution in [3.63, 3.8) is 0 Å². The second-order valence-corrected chi connectivity index (χ2v) is 11.1. The van der Waals surface area contributed by atoms with Gasteiger partial charge < -0.3 is 5.11 Å². The molecule has 0 heterocycles. The van der Waals surface area contributed by atoms with Crippen LogP contribution in [0.15, 0.2) is 103 Å². The van der Waals surface area contributed by atoms with Crippen molar-refractivity contribution >= 4 is 66.8 Å². The van der Waals surface area contributed by atoms with Gasteiger partial charge in [-0.3, -0.25) is 20.1 Å². The van der Waals surface area contributed by atoms with Crippen LogP contribution < -0.4 is 0 Å². The average Bonchev–Trinajstić information content (AvgIpc) is 2.99. The predicted octanol–water partition coefficient (Wildman–Crippen LogP) is 8.40. The number of nitrogens with zero attached hydrogens (tertiary/aromatic N) is 5. The maximum atomic E-state index is 12.0. The molecule has 0 aliphatic carbocycles. The Hall–Kier alpha value is -4.96. The third-order valence-corrected chi connectivity index (χ3v) is 7.56. The number of hydrogen-bond acceptors (Lipinski definition) is 12. The van der Waals surface area contributed by atoms with E-state index in [-0.39, 0.29) is 40.6 Å². The molecule has 0 spiro atoms. The molecular formula is C30H25N5O8S. The molecule has 0 saturated carbocycles. The van der Waals surface area contributed by atoms with Crippen molar-refractivity contribution in [1.29, 1.82) is 0 Å². The molecule has 0 radical (unpaired) electrons. The van der Waals surface area contributed by atoms with Crippen LogP contribution in [0.2, 0.25) is 0 Å². The molecular weight excluding hydrogens is 590 g/mol. The molecule has 0 aliphatic heterocycles. The zero-order chi connectivity index (χ0) is 31.4. The normalized spacial score (nSPS) is 12.2. The number of aliphatic imine (C=N–C) groups is 1. The fourth-order valence-electron chi connectivity index (χ4n) is 4.68. The summed E-state index contributed by atoms with van der Waals surface area (Å²) in [4.78, 5) is 11.9. The molecule has 4 N–H and O–H groups in total. The molecule has 0 saturated heterocycles. The van der Waals surface area contributed by atoms with Gasteiger partial charge in [-0.2, -0.15) is 13.5 Å². The Morgan fingerprint density at radius 1 is 0.727 bits per heavy atom. The minimum absolute atomic E-state index is 0.109. The van der Waals surface area contributed by atoms with Crippen molar-refractivity contribution in [3.8, 4) is 5.75 Å². The first-order valence-electron chi connectivity index (χ1n) is 12.9. The number of azo groups is 2. The van der Waals surface area contributed by atoms with Crippen molar-refractivity contribution in [1.82, 2.24) is 0 Å². The summed E-state index contributed by atoms with van der Waals surface area (Å²) in [6.45, 7) is 5.01. The maximum absolute atomic E-state index is 12.0. The fraction of sp³-hybridized carbons (Fsp3) is 0.100. The third-order valence-electron chi connectivity index (χ3n) is 6.71. The number of phenolic OH excluding ortho intramolecular Hbond substituents is 1. The summed E-state index contributed by atoms with van der Waals surface area (Å²) in [7, 11) is -4.56. The number of benzene rings is 5. The molecule has 0 amide bonds. The summed E-state index contributed by atoms with van der Waals surface area (Å²) in [6.07, 6.45) is 0. The van der Waals surface area contributed by atoms with Crippen molar-refractivity contribution in [2.24, 2.45) is 25.4 Å². The second kappa shape index (κ2) is 12.7. The lowest BCUT2D eigenvalue weighted by Crippen LogP contribution is -1.97. The van der Waals surface area contributed by atoms with E-state index in [1.807, 2.05) is 12.1 Å². The van der Waals surface area contributed by atoms with Crippen LogP contribution in [0.25, 0.3) is 21.5 Å².